The fraction of sp³-hybridized carbons (Fsp3) is 0.806. The van der Waals surface area contributed by atoms with E-state index in [0.717, 1.165) is 0 Å². The van der Waals surface area contributed by atoms with Crippen LogP contribution >= 0.6 is 0 Å². The van der Waals surface area contributed by atoms with Gasteiger partial charge in [-0.15, -0.1) is 0 Å². The Morgan fingerprint density at radius 1 is 0.453 bits per heavy atom. The minimum absolute atomic E-state index is 0.0915. The molecule has 0 radical (unpaired) electrons. The number of hydrogen-bond donors (Lipinski definition) is 5. The highest BCUT2D eigenvalue weighted by molar-refractivity contribution is 5.99. The molecule has 86 heavy (non-hydrogen) atoms. The summed E-state index contributed by atoms with van der Waals surface area (Å²) >= 11 is 0. The Labute approximate surface area is 514 Å². The van der Waals surface area contributed by atoms with E-state index in [4.69, 9.17) is 5.73 Å². The van der Waals surface area contributed by atoms with E-state index in [1.807, 2.05) is 90.0 Å². The van der Waals surface area contributed by atoms with E-state index < -0.39 is 144 Å². The van der Waals surface area contributed by atoms with E-state index in [2.05, 4.69) is 21.3 Å². The van der Waals surface area contributed by atoms with Crippen LogP contribution in [0.15, 0.2) is 0 Å². The number of carbonyl (C=O) groups is 12. The Morgan fingerprint density at radius 3 is 1.20 bits per heavy atom. The van der Waals surface area contributed by atoms with Crippen molar-refractivity contribution in [3.63, 3.8) is 0 Å². The highest BCUT2D eigenvalue weighted by Gasteiger charge is 2.43. The van der Waals surface area contributed by atoms with Crippen LogP contribution in [-0.2, 0) is 57.5 Å². The molecule has 24 nitrogen and oxygen atoms in total. The highest BCUT2D eigenvalue weighted by atomic mass is 16.2. The summed E-state index contributed by atoms with van der Waals surface area (Å²) in [6, 6.07) is -10.9. The normalized spacial score (nSPS) is 25.0. The first-order valence-corrected chi connectivity index (χ1v) is 31.0. The summed E-state index contributed by atoms with van der Waals surface area (Å²) < 4.78 is 0. The SMILES string of the molecule is CCC[C@@H]1NC(=O)[C@H](CC(C)C)N(C)C(=O)[C@H](CC(C)C)N(C)C(=O)[C@H](CC(C)C)N(C)C(=O)[C@H](CC(C)C)N(C)C(=O)[C@@H](C)NC(=O)[C@@H](CCC(N)=O)NC(=O)[C@H](CC(C)C)N(C)C(=O)[C@H](C(C)C)NC(=O)CN(CC(C)C)C(=O)CN(C)C1=O. The molecule has 12 amide bonds. The van der Waals surface area contributed by atoms with Gasteiger partial charge >= 0.3 is 0 Å². The molecular formula is C62H112N12O12. The topological polar surface area (TPSA) is 302 Å². The number of amides is 12. The number of nitrogens with two attached hydrogens (primary N) is 1. The fourth-order valence-corrected chi connectivity index (χ4v) is 10.6. The van der Waals surface area contributed by atoms with Gasteiger partial charge in [0.15, 0.2) is 0 Å². The van der Waals surface area contributed by atoms with Crippen molar-refractivity contribution in [2.24, 2.45) is 47.2 Å². The molecule has 0 bridgehead atoms. The van der Waals surface area contributed by atoms with Crippen molar-refractivity contribution in [3.8, 4) is 0 Å². The Morgan fingerprint density at radius 2 is 0.826 bits per heavy atom. The molecule has 0 saturated carbocycles. The van der Waals surface area contributed by atoms with Gasteiger partial charge in [-0.25, -0.2) is 0 Å². The van der Waals surface area contributed by atoms with E-state index in [1.165, 1.54) is 83.5 Å². The second-order valence-electron chi connectivity index (χ2n) is 26.8. The highest BCUT2D eigenvalue weighted by Crippen LogP contribution is 2.25. The second-order valence-corrected chi connectivity index (χ2v) is 26.8. The largest absolute Gasteiger partial charge is 0.370 e. The van der Waals surface area contributed by atoms with Gasteiger partial charge in [0, 0.05) is 55.3 Å². The summed E-state index contributed by atoms with van der Waals surface area (Å²) in [5.41, 5.74) is 5.54. The first kappa shape index (κ1) is 77.7. The molecule has 0 aromatic carbocycles. The molecule has 1 fully saturated rings. The number of carbonyl (C=O) groups excluding carboxylic acids is 12. The standard InChI is InChI=1S/C62H112N12O12/c1-23-24-44-58(82)68(17)34-52(77)74(32-40(12)13)33-51(76)67-53(41(14)15)62(86)70(19)46(28-36(4)5)55(79)65-43(25-26-50(63)75)54(78)64-42(16)57(81)71(20)47(29-37(6)7)60(84)73(22)49(31-39(10)11)61(85)72(21)48(30-38(8)9)59(83)69(18)45(27-35(2)3)56(80)66-44/h35-49,53H,23-34H2,1-22H3,(H2,63,75)(H,64,78)(H,65,79)(H,66,80)(H,67,76)/t42-,43-,44+,45+,46+,47+,48+,49+,53+/m1/s1. The zero-order valence-corrected chi connectivity index (χ0v) is 56.3. The van der Waals surface area contributed by atoms with Crippen molar-refractivity contribution in [1.29, 1.82) is 0 Å². The lowest BCUT2D eigenvalue weighted by Gasteiger charge is -2.40. The third-order valence-electron chi connectivity index (χ3n) is 15.5. The lowest BCUT2D eigenvalue weighted by molar-refractivity contribution is -0.155. The number of primary amides is 1. The Hall–Kier alpha value is -6.36. The Bertz CT molecular complexity index is 2330. The first-order valence-electron chi connectivity index (χ1n) is 31.0. The van der Waals surface area contributed by atoms with Gasteiger partial charge in [0.05, 0.1) is 13.1 Å². The predicted molar refractivity (Wildman–Crippen MR) is 331 cm³/mol. The van der Waals surface area contributed by atoms with Gasteiger partial charge < -0.3 is 61.3 Å². The van der Waals surface area contributed by atoms with E-state index >= 15 is 14.4 Å². The van der Waals surface area contributed by atoms with Crippen molar-refractivity contribution in [3.05, 3.63) is 0 Å². The molecule has 0 spiro atoms. The maximum Gasteiger partial charge on any atom is 0.245 e. The number of hydrogen-bond acceptors (Lipinski definition) is 12. The lowest BCUT2D eigenvalue weighted by atomic mass is 9.95. The van der Waals surface area contributed by atoms with Crippen molar-refractivity contribution in [2.45, 2.75) is 223 Å². The molecule has 1 heterocycles. The van der Waals surface area contributed by atoms with Crippen molar-refractivity contribution in [2.75, 3.05) is 61.9 Å². The average molecular weight is 1220 g/mol. The summed E-state index contributed by atoms with van der Waals surface area (Å²) in [6.45, 7) is 28.2. The van der Waals surface area contributed by atoms with Gasteiger partial charge in [-0.1, -0.05) is 110 Å². The minimum Gasteiger partial charge on any atom is -0.370 e. The zero-order valence-electron chi connectivity index (χ0n) is 56.3. The summed E-state index contributed by atoms with van der Waals surface area (Å²) in [5.74, 6) is -9.41. The van der Waals surface area contributed by atoms with Crippen LogP contribution in [0.5, 0.6) is 0 Å². The van der Waals surface area contributed by atoms with Gasteiger partial charge in [-0.2, -0.15) is 0 Å². The third kappa shape index (κ3) is 24.1. The molecule has 9 atom stereocenters. The van der Waals surface area contributed by atoms with Crippen molar-refractivity contribution < 1.29 is 57.5 Å². The smallest absolute Gasteiger partial charge is 0.245 e. The number of rotatable bonds is 18. The van der Waals surface area contributed by atoms with Crippen LogP contribution in [0.3, 0.4) is 0 Å². The van der Waals surface area contributed by atoms with Crippen LogP contribution in [0.25, 0.3) is 0 Å². The molecule has 6 N–H and O–H groups in total. The molecular weight excluding hydrogens is 1100 g/mol. The average Bonchev–Trinajstić information content (AvgIpc) is 1.80. The minimum atomic E-state index is -1.45. The van der Waals surface area contributed by atoms with Gasteiger partial charge in [0.2, 0.25) is 70.9 Å². The maximum atomic E-state index is 15.1. The molecule has 0 unspecified atom stereocenters. The van der Waals surface area contributed by atoms with Crippen LogP contribution in [-0.4, -0.2) is 221 Å². The van der Waals surface area contributed by atoms with E-state index in [1.54, 1.807) is 13.8 Å². The lowest BCUT2D eigenvalue weighted by Crippen LogP contribution is -2.61. The van der Waals surface area contributed by atoms with Crippen molar-refractivity contribution in [1.82, 2.24) is 55.6 Å². The first-order chi connectivity index (χ1) is 39.7. The van der Waals surface area contributed by atoms with Crippen LogP contribution in [0, 0.1) is 41.4 Å². The molecule has 0 aliphatic carbocycles. The molecule has 492 valence electrons. The molecule has 1 saturated heterocycles. The second kappa shape index (κ2) is 36.1. The van der Waals surface area contributed by atoms with E-state index in [9.17, 15) is 43.2 Å². The van der Waals surface area contributed by atoms with E-state index in [0.29, 0.717) is 6.42 Å². The van der Waals surface area contributed by atoms with E-state index in [-0.39, 0.29) is 93.4 Å². The summed E-state index contributed by atoms with van der Waals surface area (Å²) in [6.07, 6.45) is 0.730. The number of nitrogens with zero attached hydrogens (tertiary/aromatic N) is 7. The predicted octanol–water partition coefficient (Wildman–Crippen LogP) is 2.99. The maximum absolute atomic E-state index is 15.1. The molecule has 24 heteroatoms. The third-order valence-corrected chi connectivity index (χ3v) is 15.5. The van der Waals surface area contributed by atoms with Crippen LogP contribution < -0.4 is 27.0 Å². The molecule has 0 aromatic rings. The summed E-state index contributed by atoms with van der Waals surface area (Å²) in [5, 5.41) is 11.0. The number of nitrogens with one attached hydrogen (secondary N) is 4. The van der Waals surface area contributed by atoms with Gasteiger partial charge in [-0.3, -0.25) is 57.5 Å². The van der Waals surface area contributed by atoms with Gasteiger partial charge in [0.1, 0.15) is 54.4 Å². The quantitative estimate of drug-likeness (QED) is 0.132. The Kier molecular flexibility index (Phi) is 32.6. The van der Waals surface area contributed by atoms with Crippen molar-refractivity contribution >= 4 is 70.9 Å². The fourth-order valence-electron chi connectivity index (χ4n) is 10.6. The Balaban J connectivity index is 4.34. The summed E-state index contributed by atoms with van der Waals surface area (Å²) in [7, 11) is 8.69. The van der Waals surface area contributed by atoms with Gasteiger partial charge in [-0.05, 0) is 93.3 Å². The van der Waals surface area contributed by atoms with Crippen LogP contribution in [0.2, 0.25) is 0 Å². The van der Waals surface area contributed by atoms with Gasteiger partial charge in [0.25, 0.3) is 0 Å². The number of likely N-dealkylation sites (N-methyl/N-ethyl adjacent to an activating group) is 6. The van der Waals surface area contributed by atoms with Crippen LogP contribution in [0.4, 0.5) is 0 Å². The molecule has 1 rings (SSSR count). The zero-order chi connectivity index (χ0) is 66.5. The monoisotopic (exact) mass is 1220 g/mol. The molecule has 0 aromatic heterocycles. The summed E-state index contributed by atoms with van der Waals surface area (Å²) in [4.78, 5) is 181. The molecule has 1 aliphatic heterocycles. The van der Waals surface area contributed by atoms with Crippen LogP contribution in [0.1, 0.15) is 169 Å². The molecule has 1 aliphatic rings.